The summed E-state index contributed by atoms with van der Waals surface area (Å²) < 4.78 is 22.6. The number of fused-ring (bicyclic) bond motifs is 1. The first kappa shape index (κ1) is 14.5. The molecule has 0 amide bonds. The molecule has 2 aromatic heterocycles. The van der Waals surface area contributed by atoms with Crippen LogP contribution in [0.25, 0.3) is 11.2 Å². The van der Waals surface area contributed by atoms with Gasteiger partial charge in [0.05, 0.1) is 12.1 Å². The molecule has 0 aliphatic carbocycles. The van der Waals surface area contributed by atoms with Gasteiger partial charge in [0.15, 0.2) is 11.5 Å². The van der Waals surface area contributed by atoms with Crippen LogP contribution in [0.1, 0.15) is 13.8 Å². The number of imidazole rings is 1. The molecule has 1 atom stereocenters. The van der Waals surface area contributed by atoms with Crippen LogP contribution >= 0.6 is 0 Å². The summed E-state index contributed by atoms with van der Waals surface area (Å²) in [6.07, 6.45) is 2.74. The van der Waals surface area contributed by atoms with E-state index < -0.39 is 9.84 Å². The number of hydrogen-bond acceptors (Lipinski definition) is 7. The van der Waals surface area contributed by atoms with Crippen LogP contribution in [-0.4, -0.2) is 52.9 Å². The van der Waals surface area contributed by atoms with E-state index >= 15 is 0 Å². The van der Waals surface area contributed by atoms with Crippen molar-refractivity contribution in [2.75, 3.05) is 29.2 Å². The molecule has 110 valence electrons. The lowest BCUT2D eigenvalue weighted by molar-refractivity contribution is 0.598. The molecule has 3 N–H and O–H groups in total. The standard InChI is InChI=1S/C11H18N6O2S/c1-4-12-11-16-9-8(13-6-14-9)10(17-11)15-7(2)5-20(3,18)19/h6-7H,4-5H2,1-3H3,(H3,12,13,14,15,16,17). The fraction of sp³-hybridized carbons (Fsp3) is 0.545. The molecular weight excluding hydrogens is 280 g/mol. The van der Waals surface area contributed by atoms with E-state index in [1.807, 2.05) is 6.92 Å². The van der Waals surface area contributed by atoms with Crippen LogP contribution in [0, 0.1) is 0 Å². The SMILES string of the molecule is CCNc1nc(NC(C)CS(C)(=O)=O)c2[nH]cnc2n1. The van der Waals surface area contributed by atoms with Crippen LogP contribution in [0.15, 0.2) is 6.33 Å². The average Bonchev–Trinajstić information content (AvgIpc) is 2.74. The van der Waals surface area contributed by atoms with Crippen LogP contribution in [0.3, 0.4) is 0 Å². The summed E-state index contributed by atoms with van der Waals surface area (Å²) in [4.78, 5) is 15.6. The van der Waals surface area contributed by atoms with E-state index in [0.29, 0.717) is 29.5 Å². The summed E-state index contributed by atoms with van der Waals surface area (Å²) >= 11 is 0. The zero-order valence-electron chi connectivity index (χ0n) is 11.6. The van der Waals surface area contributed by atoms with Gasteiger partial charge in [0.1, 0.15) is 15.4 Å². The Morgan fingerprint density at radius 2 is 2.15 bits per heavy atom. The van der Waals surface area contributed by atoms with Gasteiger partial charge in [-0.05, 0) is 13.8 Å². The zero-order valence-corrected chi connectivity index (χ0v) is 12.5. The van der Waals surface area contributed by atoms with Gasteiger partial charge in [0.25, 0.3) is 0 Å². The van der Waals surface area contributed by atoms with Crippen molar-refractivity contribution < 1.29 is 8.42 Å². The normalized spacial score (nSPS) is 13.3. The van der Waals surface area contributed by atoms with Crippen molar-refractivity contribution in [2.45, 2.75) is 19.9 Å². The lowest BCUT2D eigenvalue weighted by atomic mass is 10.3. The van der Waals surface area contributed by atoms with E-state index in [0.717, 1.165) is 0 Å². The summed E-state index contributed by atoms with van der Waals surface area (Å²) in [6, 6.07) is -0.263. The van der Waals surface area contributed by atoms with E-state index in [-0.39, 0.29) is 11.8 Å². The Kier molecular flexibility index (Phi) is 4.07. The summed E-state index contributed by atoms with van der Waals surface area (Å²) in [5, 5.41) is 6.10. The molecule has 0 aliphatic heterocycles. The third kappa shape index (κ3) is 3.56. The predicted octanol–water partition coefficient (Wildman–Crippen LogP) is 0.630. The number of rotatable bonds is 6. The first-order valence-corrected chi connectivity index (χ1v) is 8.34. The molecule has 0 saturated heterocycles. The number of nitrogens with zero attached hydrogens (tertiary/aromatic N) is 3. The average molecular weight is 298 g/mol. The van der Waals surface area contributed by atoms with Crippen molar-refractivity contribution in [1.29, 1.82) is 0 Å². The Morgan fingerprint density at radius 1 is 1.40 bits per heavy atom. The molecule has 0 spiro atoms. The summed E-state index contributed by atoms with van der Waals surface area (Å²) in [5.74, 6) is 1.03. The number of nitrogens with one attached hydrogen (secondary N) is 3. The second kappa shape index (κ2) is 5.61. The molecule has 2 aromatic rings. The number of aromatic amines is 1. The van der Waals surface area contributed by atoms with Gasteiger partial charge in [-0.25, -0.2) is 13.4 Å². The molecule has 0 saturated carbocycles. The highest BCUT2D eigenvalue weighted by Gasteiger charge is 2.15. The van der Waals surface area contributed by atoms with Gasteiger partial charge < -0.3 is 15.6 Å². The van der Waals surface area contributed by atoms with Crippen LogP contribution in [0.2, 0.25) is 0 Å². The number of sulfone groups is 1. The van der Waals surface area contributed by atoms with Gasteiger partial charge in [-0.1, -0.05) is 0 Å². The van der Waals surface area contributed by atoms with Gasteiger partial charge in [-0.3, -0.25) is 0 Å². The topological polar surface area (TPSA) is 113 Å². The first-order chi connectivity index (χ1) is 9.39. The zero-order chi connectivity index (χ0) is 14.8. The van der Waals surface area contributed by atoms with Crippen LogP contribution in [0.4, 0.5) is 11.8 Å². The molecule has 9 heteroatoms. The first-order valence-electron chi connectivity index (χ1n) is 6.28. The number of hydrogen-bond donors (Lipinski definition) is 3. The van der Waals surface area contributed by atoms with Crippen molar-refractivity contribution in [1.82, 2.24) is 19.9 Å². The fourth-order valence-corrected chi connectivity index (χ4v) is 2.90. The number of aromatic nitrogens is 4. The van der Waals surface area contributed by atoms with Gasteiger partial charge in [-0.15, -0.1) is 0 Å². The van der Waals surface area contributed by atoms with E-state index in [9.17, 15) is 8.42 Å². The van der Waals surface area contributed by atoms with Crippen molar-refractivity contribution in [2.24, 2.45) is 0 Å². The smallest absolute Gasteiger partial charge is 0.226 e. The molecule has 1 unspecified atom stereocenters. The third-order valence-electron chi connectivity index (χ3n) is 2.56. The highest BCUT2D eigenvalue weighted by molar-refractivity contribution is 7.90. The van der Waals surface area contributed by atoms with Crippen LogP contribution in [0.5, 0.6) is 0 Å². The molecule has 0 aromatic carbocycles. The maximum Gasteiger partial charge on any atom is 0.226 e. The quantitative estimate of drug-likeness (QED) is 0.717. The molecule has 2 rings (SSSR count). The second-order valence-corrected chi connectivity index (χ2v) is 6.85. The van der Waals surface area contributed by atoms with Crippen molar-refractivity contribution in [3.05, 3.63) is 6.33 Å². The Morgan fingerprint density at radius 3 is 2.80 bits per heavy atom. The molecule has 0 fully saturated rings. The van der Waals surface area contributed by atoms with Crippen LogP contribution < -0.4 is 10.6 Å². The fourth-order valence-electron chi connectivity index (χ4n) is 1.90. The summed E-state index contributed by atoms with van der Waals surface area (Å²) in [5.41, 5.74) is 1.19. The van der Waals surface area contributed by atoms with E-state index in [2.05, 4.69) is 30.6 Å². The second-order valence-electron chi connectivity index (χ2n) is 4.67. The van der Waals surface area contributed by atoms with E-state index in [4.69, 9.17) is 0 Å². The minimum Gasteiger partial charge on any atom is -0.365 e. The van der Waals surface area contributed by atoms with Gasteiger partial charge in [-0.2, -0.15) is 9.97 Å². The molecule has 0 radical (unpaired) electrons. The molecule has 0 bridgehead atoms. The van der Waals surface area contributed by atoms with Crippen molar-refractivity contribution in [3.8, 4) is 0 Å². The lowest BCUT2D eigenvalue weighted by Crippen LogP contribution is -2.25. The Labute approximate surface area is 117 Å². The summed E-state index contributed by atoms with van der Waals surface area (Å²) in [7, 11) is -3.05. The van der Waals surface area contributed by atoms with Crippen LogP contribution in [-0.2, 0) is 9.84 Å². The Bertz CT molecular complexity index is 696. The van der Waals surface area contributed by atoms with Crippen molar-refractivity contribution >= 4 is 32.8 Å². The highest BCUT2D eigenvalue weighted by atomic mass is 32.2. The monoisotopic (exact) mass is 298 g/mol. The largest absolute Gasteiger partial charge is 0.365 e. The molecule has 0 aliphatic rings. The van der Waals surface area contributed by atoms with E-state index in [1.165, 1.54) is 12.6 Å². The summed E-state index contributed by atoms with van der Waals surface area (Å²) in [6.45, 7) is 4.42. The maximum atomic E-state index is 11.3. The van der Waals surface area contributed by atoms with Gasteiger partial charge in [0.2, 0.25) is 5.95 Å². The Balaban J connectivity index is 2.29. The lowest BCUT2D eigenvalue weighted by Gasteiger charge is -2.14. The minimum atomic E-state index is -3.05. The third-order valence-corrected chi connectivity index (χ3v) is 3.66. The van der Waals surface area contributed by atoms with Gasteiger partial charge >= 0.3 is 0 Å². The molecule has 2 heterocycles. The number of H-pyrrole nitrogens is 1. The maximum absolute atomic E-state index is 11.3. The highest BCUT2D eigenvalue weighted by Crippen LogP contribution is 2.19. The molecule has 20 heavy (non-hydrogen) atoms. The van der Waals surface area contributed by atoms with E-state index in [1.54, 1.807) is 6.92 Å². The van der Waals surface area contributed by atoms with Crippen molar-refractivity contribution in [3.63, 3.8) is 0 Å². The Hall–Kier alpha value is -1.90. The minimum absolute atomic E-state index is 0.0309. The number of anilines is 2. The molecule has 8 nitrogen and oxygen atoms in total. The predicted molar refractivity (Wildman–Crippen MR) is 78.6 cm³/mol. The van der Waals surface area contributed by atoms with Gasteiger partial charge in [0, 0.05) is 18.8 Å². The molecular formula is C11H18N6O2S.